The minimum Gasteiger partial charge on any atom is -0.396 e. The number of nitrogens with two attached hydrogens (primary N) is 1. The topological polar surface area (TPSA) is 98.9 Å². The molecule has 7 heteroatoms. The lowest BCUT2D eigenvalue weighted by atomic mass is 9.87. The van der Waals surface area contributed by atoms with Crippen molar-refractivity contribution in [2.75, 3.05) is 39.3 Å². The Morgan fingerprint density at radius 1 is 1.14 bits per heavy atom. The minimum absolute atomic E-state index is 0.0775. The van der Waals surface area contributed by atoms with E-state index in [4.69, 9.17) is 10.8 Å². The molecule has 3 amide bonds. The van der Waals surface area contributed by atoms with Crippen molar-refractivity contribution >= 4 is 11.9 Å². The van der Waals surface area contributed by atoms with Crippen molar-refractivity contribution in [3.63, 3.8) is 0 Å². The molecule has 0 unspecified atom stereocenters. The van der Waals surface area contributed by atoms with Gasteiger partial charge < -0.3 is 21.1 Å². The zero-order valence-electron chi connectivity index (χ0n) is 12.5. The van der Waals surface area contributed by atoms with Crippen LogP contribution in [0.25, 0.3) is 0 Å². The summed E-state index contributed by atoms with van der Waals surface area (Å²) >= 11 is 0. The van der Waals surface area contributed by atoms with Gasteiger partial charge in [-0.05, 0) is 38.6 Å². The fraction of sp³-hybridized carbons (Fsp3) is 0.857. The molecule has 0 saturated carbocycles. The number of aliphatic hydroxyl groups is 1. The van der Waals surface area contributed by atoms with Gasteiger partial charge >= 0.3 is 6.03 Å². The van der Waals surface area contributed by atoms with E-state index in [0.29, 0.717) is 25.9 Å². The Balaban J connectivity index is 1.89. The molecule has 4 N–H and O–H groups in total. The van der Waals surface area contributed by atoms with E-state index in [0.717, 1.165) is 38.9 Å². The first kappa shape index (κ1) is 16.2. The molecule has 0 aromatic heterocycles. The Labute approximate surface area is 125 Å². The summed E-state index contributed by atoms with van der Waals surface area (Å²) in [5.74, 6) is -0.0775. The number of hydrogen-bond acceptors (Lipinski definition) is 5. The largest absolute Gasteiger partial charge is 0.396 e. The highest BCUT2D eigenvalue weighted by atomic mass is 16.3. The fourth-order valence-electron chi connectivity index (χ4n) is 3.09. The molecule has 120 valence electrons. The summed E-state index contributed by atoms with van der Waals surface area (Å²) < 4.78 is 0. The van der Waals surface area contributed by atoms with Crippen LogP contribution in [0.2, 0.25) is 0 Å². The summed E-state index contributed by atoms with van der Waals surface area (Å²) in [4.78, 5) is 28.2. The molecular weight excluding hydrogens is 272 g/mol. The third-order valence-corrected chi connectivity index (χ3v) is 4.42. The zero-order valence-corrected chi connectivity index (χ0v) is 12.5. The summed E-state index contributed by atoms with van der Waals surface area (Å²) in [7, 11) is 0. The Morgan fingerprint density at radius 2 is 1.86 bits per heavy atom. The molecule has 2 aliphatic rings. The number of aliphatic hydroxyl groups excluding tert-OH is 1. The summed E-state index contributed by atoms with van der Waals surface area (Å²) in [6.07, 6.45) is 3.62. The molecule has 2 fully saturated rings. The molecule has 0 bridgehead atoms. The van der Waals surface area contributed by atoms with Crippen molar-refractivity contribution < 1.29 is 14.7 Å². The molecule has 7 nitrogen and oxygen atoms in total. The lowest BCUT2D eigenvalue weighted by Gasteiger charge is -2.37. The summed E-state index contributed by atoms with van der Waals surface area (Å²) in [6, 6.07) is -0.263. The fourth-order valence-corrected chi connectivity index (χ4v) is 3.09. The van der Waals surface area contributed by atoms with Gasteiger partial charge in [-0.1, -0.05) is 0 Å². The third-order valence-electron chi connectivity index (χ3n) is 4.42. The molecular formula is C14H26N4O3. The molecule has 0 atom stereocenters. The number of urea groups is 1. The van der Waals surface area contributed by atoms with Crippen molar-refractivity contribution in [2.24, 2.45) is 5.73 Å². The summed E-state index contributed by atoms with van der Waals surface area (Å²) in [6.45, 7) is 3.62. The number of piperidine rings is 1. The van der Waals surface area contributed by atoms with E-state index in [1.807, 2.05) is 0 Å². The average Bonchev–Trinajstić information content (AvgIpc) is 2.71. The number of nitrogens with one attached hydrogen (secondary N) is 1. The Morgan fingerprint density at radius 3 is 2.48 bits per heavy atom. The van der Waals surface area contributed by atoms with Crippen LogP contribution in [0.4, 0.5) is 4.79 Å². The normalized spacial score (nSPS) is 22.1. The van der Waals surface area contributed by atoms with Gasteiger partial charge in [0.05, 0.1) is 0 Å². The molecule has 0 radical (unpaired) electrons. The van der Waals surface area contributed by atoms with Crippen LogP contribution in [0, 0.1) is 0 Å². The van der Waals surface area contributed by atoms with Gasteiger partial charge in [-0.25, -0.2) is 4.79 Å². The maximum atomic E-state index is 12.6. The number of likely N-dealkylation sites (tertiary alicyclic amines) is 1. The van der Waals surface area contributed by atoms with Crippen molar-refractivity contribution in [1.29, 1.82) is 0 Å². The van der Waals surface area contributed by atoms with E-state index in [2.05, 4.69) is 10.2 Å². The molecule has 0 aliphatic carbocycles. The maximum absolute atomic E-state index is 12.6. The van der Waals surface area contributed by atoms with E-state index in [1.54, 1.807) is 0 Å². The lowest BCUT2D eigenvalue weighted by molar-refractivity contribution is -0.133. The van der Waals surface area contributed by atoms with Gasteiger partial charge in [-0.15, -0.1) is 0 Å². The number of imide groups is 1. The first-order valence-electron chi connectivity index (χ1n) is 7.80. The van der Waals surface area contributed by atoms with E-state index in [1.165, 1.54) is 4.90 Å². The van der Waals surface area contributed by atoms with Crippen LogP contribution in [0.3, 0.4) is 0 Å². The molecule has 21 heavy (non-hydrogen) atoms. The van der Waals surface area contributed by atoms with E-state index < -0.39 is 5.54 Å². The number of rotatable bonds is 7. The number of nitrogens with zero attached hydrogens (tertiary/aromatic N) is 2. The number of carbonyl (C=O) groups is 2. The quantitative estimate of drug-likeness (QED) is 0.434. The van der Waals surface area contributed by atoms with Crippen LogP contribution in [-0.4, -0.2) is 71.7 Å². The third kappa shape index (κ3) is 3.53. The number of hydrogen-bond donors (Lipinski definition) is 3. The van der Waals surface area contributed by atoms with Crippen LogP contribution in [0.1, 0.15) is 32.1 Å². The monoisotopic (exact) mass is 298 g/mol. The van der Waals surface area contributed by atoms with E-state index in [-0.39, 0.29) is 18.5 Å². The van der Waals surface area contributed by atoms with Crippen LogP contribution >= 0.6 is 0 Å². The van der Waals surface area contributed by atoms with Crippen molar-refractivity contribution in [2.45, 2.75) is 37.6 Å². The van der Waals surface area contributed by atoms with Crippen molar-refractivity contribution in [1.82, 2.24) is 15.1 Å². The standard InChI is InChI=1S/C14H26N4O3/c15-6-1-2-8-18-12(20)14(16-13(18)21)4-9-17(10-5-14)7-3-11-19/h19H,1-11,15H2,(H,16,21). The smallest absolute Gasteiger partial charge is 0.325 e. The Bertz CT molecular complexity index is 380. The van der Waals surface area contributed by atoms with Gasteiger partial charge in [0, 0.05) is 32.8 Å². The zero-order chi connectivity index (χ0) is 15.3. The highest BCUT2D eigenvalue weighted by Gasteiger charge is 2.51. The molecule has 2 aliphatic heterocycles. The van der Waals surface area contributed by atoms with Crippen LogP contribution in [-0.2, 0) is 4.79 Å². The van der Waals surface area contributed by atoms with Gasteiger partial charge in [-0.3, -0.25) is 9.69 Å². The van der Waals surface area contributed by atoms with E-state index in [9.17, 15) is 9.59 Å². The van der Waals surface area contributed by atoms with Gasteiger partial charge in [0.25, 0.3) is 5.91 Å². The van der Waals surface area contributed by atoms with Gasteiger partial charge in [0.2, 0.25) is 0 Å². The lowest BCUT2D eigenvalue weighted by Crippen LogP contribution is -2.55. The highest BCUT2D eigenvalue weighted by molar-refractivity contribution is 6.07. The summed E-state index contributed by atoms with van der Waals surface area (Å²) in [5, 5.41) is 11.8. The number of amides is 3. The Hall–Kier alpha value is -1.18. The molecule has 0 aromatic carbocycles. The van der Waals surface area contributed by atoms with Gasteiger partial charge in [-0.2, -0.15) is 0 Å². The molecule has 2 saturated heterocycles. The average molecular weight is 298 g/mol. The van der Waals surface area contributed by atoms with Gasteiger partial charge in [0.1, 0.15) is 5.54 Å². The summed E-state index contributed by atoms with van der Waals surface area (Å²) in [5.41, 5.74) is 4.75. The minimum atomic E-state index is -0.699. The SMILES string of the molecule is NCCCCN1C(=O)NC2(CCN(CCCO)CC2)C1=O. The Kier molecular flexibility index (Phi) is 5.55. The second-order valence-corrected chi connectivity index (χ2v) is 5.88. The molecule has 2 rings (SSSR count). The highest BCUT2D eigenvalue weighted by Crippen LogP contribution is 2.29. The predicted octanol–water partition coefficient (Wildman–Crippen LogP) is -0.506. The second-order valence-electron chi connectivity index (χ2n) is 5.88. The first-order chi connectivity index (χ1) is 10.1. The van der Waals surface area contributed by atoms with Crippen LogP contribution in [0.5, 0.6) is 0 Å². The predicted molar refractivity (Wildman–Crippen MR) is 78.6 cm³/mol. The molecule has 0 aromatic rings. The van der Waals surface area contributed by atoms with Gasteiger partial charge in [0.15, 0.2) is 0 Å². The maximum Gasteiger partial charge on any atom is 0.325 e. The van der Waals surface area contributed by atoms with Crippen molar-refractivity contribution in [3.05, 3.63) is 0 Å². The van der Waals surface area contributed by atoms with Crippen molar-refractivity contribution in [3.8, 4) is 0 Å². The first-order valence-corrected chi connectivity index (χ1v) is 7.80. The van der Waals surface area contributed by atoms with E-state index >= 15 is 0 Å². The number of carbonyl (C=O) groups excluding carboxylic acids is 2. The second kappa shape index (κ2) is 7.20. The van der Waals surface area contributed by atoms with Crippen LogP contribution < -0.4 is 11.1 Å². The number of unbranched alkanes of at least 4 members (excludes halogenated alkanes) is 1. The molecule has 1 spiro atoms. The molecule has 2 heterocycles. The van der Waals surface area contributed by atoms with Crippen LogP contribution in [0.15, 0.2) is 0 Å².